The standard InChI is InChI=1S/C8H15NO3/c10-5-4-9(8(11)12)6-7-2-1-3-7/h7,10H,1-6H2,(H,11,12). The predicted molar refractivity (Wildman–Crippen MR) is 44.0 cm³/mol. The molecule has 0 bridgehead atoms. The summed E-state index contributed by atoms with van der Waals surface area (Å²) in [6.07, 6.45) is 2.57. The average Bonchev–Trinajstić information content (AvgIpc) is 1.93. The Hall–Kier alpha value is -0.770. The lowest BCUT2D eigenvalue weighted by molar-refractivity contribution is 0.111. The zero-order valence-electron chi connectivity index (χ0n) is 7.07. The second-order valence-corrected chi connectivity index (χ2v) is 3.25. The van der Waals surface area contributed by atoms with E-state index < -0.39 is 6.09 Å². The summed E-state index contributed by atoms with van der Waals surface area (Å²) in [5, 5.41) is 17.3. The van der Waals surface area contributed by atoms with Crippen LogP contribution in [0.25, 0.3) is 0 Å². The van der Waals surface area contributed by atoms with E-state index in [4.69, 9.17) is 10.2 Å². The first-order valence-corrected chi connectivity index (χ1v) is 4.32. The molecular formula is C8H15NO3. The maximum atomic E-state index is 10.6. The van der Waals surface area contributed by atoms with Gasteiger partial charge in [-0.25, -0.2) is 4.79 Å². The number of nitrogens with zero attached hydrogens (tertiary/aromatic N) is 1. The van der Waals surface area contributed by atoms with Crippen molar-refractivity contribution in [2.24, 2.45) is 5.92 Å². The number of rotatable bonds is 4. The number of aliphatic hydroxyl groups is 1. The van der Waals surface area contributed by atoms with E-state index in [0.29, 0.717) is 12.5 Å². The first-order valence-electron chi connectivity index (χ1n) is 4.32. The van der Waals surface area contributed by atoms with Gasteiger partial charge in [-0.1, -0.05) is 6.42 Å². The molecule has 4 heteroatoms. The smallest absolute Gasteiger partial charge is 0.407 e. The molecule has 12 heavy (non-hydrogen) atoms. The molecule has 4 nitrogen and oxygen atoms in total. The minimum Gasteiger partial charge on any atom is -0.465 e. The van der Waals surface area contributed by atoms with E-state index in [1.165, 1.54) is 11.3 Å². The van der Waals surface area contributed by atoms with Crippen molar-refractivity contribution in [1.82, 2.24) is 4.90 Å². The van der Waals surface area contributed by atoms with Crippen molar-refractivity contribution in [3.63, 3.8) is 0 Å². The van der Waals surface area contributed by atoms with E-state index in [0.717, 1.165) is 12.8 Å². The molecule has 0 spiro atoms. The van der Waals surface area contributed by atoms with Crippen LogP contribution in [-0.4, -0.2) is 40.9 Å². The second kappa shape index (κ2) is 4.30. The van der Waals surface area contributed by atoms with Crippen LogP contribution in [0.5, 0.6) is 0 Å². The van der Waals surface area contributed by atoms with E-state index in [9.17, 15) is 4.79 Å². The largest absolute Gasteiger partial charge is 0.465 e. The van der Waals surface area contributed by atoms with Crippen LogP contribution >= 0.6 is 0 Å². The van der Waals surface area contributed by atoms with Crippen LogP contribution in [0.4, 0.5) is 4.79 Å². The van der Waals surface area contributed by atoms with Gasteiger partial charge in [-0.3, -0.25) is 0 Å². The molecule has 0 aromatic carbocycles. The van der Waals surface area contributed by atoms with Crippen molar-refractivity contribution in [2.45, 2.75) is 19.3 Å². The van der Waals surface area contributed by atoms with Gasteiger partial charge in [0.1, 0.15) is 0 Å². The molecule has 2 N–H and O–H groups in total. The van der Waals surface area contributed by atoms with Gasteiger partial charge >= 0.3 is 6.09 Å². The number of carboxylic acid groups (broad SMARTS) is 1. The van der Waals surface area contributed by atoms with Gasteiger partial charge < -0.3 is 15.1 Å². The molecule has 0 atom stereocenters. The van der Waals surface area contributed by atoms with Gasteiger partial charge in [-0.2, -0.15) is 0 Å². The SMILES string of the molecule is O=C(O)N(CCO)CC1CCC1. The molecule has 0 heterocycles. The van der Waals surface area contributed by atoms with Crippen molar-refractivity contribution >= 4 is 6.09 Å². The van der Waals surface area contributed by atoms with Crippen LogP contribution in [0, 0.1) is 5.92 Å². The third-order valence-electron chi connectivity index (χ3n) is 2.34. The lowest BCUT2D eigenvalue weighted by Crippen LogP contribution is -2.38. The Labute approximate surface area is 71.8 Å². The van der Waals surface area contributed by atoms with E-state index in [1.54, 1.807) is 0 Å². The van der Waals surface area contributed by atoms with Gasteiger partial charge in [0.25, 0.3) is 0 Å². The molecule has 1 aliphatic carbocycles. The quantitative estimate of drug-likeness (QED) is 0.659. The minimum absolute atomic E-state index is 0.0843. The average molecular weight is 173 g/mol. The molecule has 1 saturated carbocycles. The molecule has 0 aliphatic heterocycles. The second-order valence-electron chi connectivity index (χ2n) is 3.25. The molecule has 0 aromatic rings. The first kappa shape index (κ1) is 9.32. The fraction of sp³-hybridized carbons (Fsp3) is 0.875. The van der Waals surface area contributed by atoms with Crippen LogP contribution in [0.3, 0.4) is 0 Å². The number of hydrogen-bond donors (Lipinski definition) is 2. The molecule has 0 radical (unpaired) electrons. The van der Waals surface area contributed by atoms with Crippen molar-refractivity contribution in [1.29, 1.82) is 0 Å². The summed E-state index contributed by atoms with van der Waals surface area (Å²) in [4.78, 5) is 11.9. The zero-order valence-corrected chi connectivity index (χ0v) is 7.07. The van der Waals surface area contributed by atoms with E-state index >= 15 is 0 Å². The number of hydrogen-bond acceptors (Lipinski definition) is 2. The van der Waals surface area contributed by atoms with Gasteiger partial charge in [0.15, 0.2) is 0 Å². The topological polar surface area (TPSA) is 60.8 Å². The van der Waals surface area contributed by atoms with Crippen LogP contribution in [-0.2, 0) is 0 Å². The Balaban J connectivity index is 2.26. The Kier molecular flexibility index (Phi) is 3.34. The Morgan fingerprint density at radius 1 is 1.50 bits per heavy atom. The molecule has 0 saturated heterocycles. The fourth-order valence-electron chi connectivity index (χ4n) is 1.37. The molecule has 0 aromatic heterocycles. The summed E-state index contributed by atoms with van der Waals surface area (Å²) in [5.74, 6) is 0.535. The van der Waals surface area contributed by atoms with Gasteiger partial charge in [0, 0.05) is 13.1 Å². The van der Waals surface area contributed by atoms with Crippen molar-refractivity contribution < 1.29 is 15.0 Å². The summed E-state index contributed by atoms with van der Waals surface area (Å²) >= 11 is 0. The Morgan fingerprint density at radius 2 is 2.17 bits per heavy atom. The molecule has 1 fully saturated rings. The van der Waals surface area contributed by atoms with Gasteiger partial charge in [-0.15, -0.1) is 0 Å². The highest BCUT2D eigenvalue weighted by molar-refractivity contribution is 5.64. The summed E-state index contributed by atoms with van der Waals surface area (Å²) in [7, 11) is 0. The van der Waals surface area contributed by atoms with Crippen molar-refractivity contribution in [3.05, 3.63) is 0 Å². The molecule has 1 amide bonds. The lowest BCUT2D eigenvalue weighted by atomic mass is 9.85. The summed E-state index contributed by atoms with van der Waals surface area (Å²) in [6.45, 7) is 0.751. The summed E-state index contributed by atoms with van der Waals surface area (Å²) in [5.41, 5.74) is 0. The summed E-state index contributed by atoms with van der Waals surface area (Å²) in [6, 6.07) is 0. The molecule has 1 rings (SSSR count). The third kappa shape index (κ3) is 2.37. The molecular weight excluding hydrogens is 158 g/mol. The Morgan fingerprint density at radius 3 is 2.50 bits per heavy atom. The van der Waals surface area contributed by atoms with Gasteiger partial charge in [0.2, 0.25) is 0 Å². The first-order chi connectivity index (χ1) is 5.74. The highest BCUT2D eigenvalue weighted by Gasteiger charge is 2.22. The van der Waals surface area contributed by atoms with E-state index in [1.807, 2.05) is 0 Å². The highest BCUT2D eigenvalue weighted by Crippen LogP contribution is 2.26. The minimum atomic E-state index is -0.920. The van der Waals surface area contributed by atoms with Crippen molar-refractivity contribution in [2.75, 3.05) is 19.7 Å². The van der Waals surface area contributed by atoms with Crippen LogP contribution in [0.2, 0.25) is 0 Å². The Bertz CT molecular complexity index is 156. The highest BCUT2D eigenvalue weighted by atomic mass is 16.4. The third-order valence-corrected chi connectivity index (χ3v) is 2.34. The predicted octanol–water partition coefficient (Wildman–Crippen LogP) is 0.759. The molecule has 70 valence electrons. The maximum Gasteiger partial charge on any atom is 0.407 e. The van der Waals surface area contributed by atoms with E-state index in [-0.39, 0.29) is 13.2 Å². The number of amides is 1. The van der Waals surface area contributed by atoms with Crippen LogP contribution in [0.1, 0.15) is 19.3 Å². The lowest BCUT2D eigenvalue weighted by Gasteiger charge is -2.30. The van der Waals surface area contributed by atoms with Gasteiger partial charge in [0.05, 0.1) is 6.61 Å². The number of carbonyl (C=O) groups is 1. The van der Waals surface area contributed by atoms with E-state index in [2.05, 4.69) is 0 Å². The van der Waals surface area contributed by atoms with Crippen molar-refractivity contribution in [3.8, 4) is 0 Å². The fourth-order valence-corrected chi connectivity index (χ4v) is 1.37. The zero-order chi connectivity index (χ0) is 8.97. The monoisotopic (exact) mass is 173 g/mol. The van der Waals surface area contributed by atoms with Gasteiger partial charge in [-0.05, 0) is 18.8 Å². The maximum absolute atomic E-state index is 10.6. The molecule has 0 unspecified atom stereocenters. The molecule has 1 aliphatic rings. The summed E-state index contributed by atoms with van der Waals surface area (Å²) < 4.78 is 0. The normalized spacial score (nSPS) is 17.1. The van der Waals surface area contributed by atoms with Crippen LogP contribution < -0.4 is 0 Å². The van der Waals surface area contributed by atoms with Crippen LogP contribution in [0.15, 0.2) is 0 Å². The number of aliphatic hydroxyl groups excluding tert-OH is 1.